The highest BCUT2D eigenvalue weighted by atomic mass is 32.1. The Kier molecular flexibility index (Phi) is 3.14. The first-order chi connectivity index (χ1) is 7.31. The van der Waals surface area contributed by atoms with Crippen LogP contribution in [0.1, 0.15) is 10.5 Å². The fourth-order valence-electron chi connectivity index (χ4n) is 1.34. The average molecular weight is 228 g/mol. The van der Waals surface area contributed by atoms with Crippen molar-refractivity contribution in [3.63, 3.8) is 0 Å². The lowest BCUT2D eigenvalue weighted by Crippen LogP contribution is -2.36. The molecule has 1 aliphatic heterocycles. The molecule has 0 saturated carbocycles. The van der Waals surface area contributed by atoms with E-state index in [4.69, 9.17) is 10.6 Å². The zero-order valence-electron chi connectivity index (χ0n) is 8.10. The number of morpholine rings is 1. The zero-order valence-corrected chi connectivity index (χ0v) is 8.92. The lowest BCUT2D eigenvalue weighted by atomic mass is 10.4. The minimum absolute atomic E-state index is 0.356. The van der Waals surface area contributed by atoms with Gasteiger partial charge in [0.25, 0.3) is 5.91 Å². The summed E-state index contributed by atoms with van der Waals surface area (Å²) in [5.74, 6) is 4.67. The smallest absolute Gasteiger partial charge is 0.284 e. The van der Waals surface area contributed by atoms with Gasteiger partial charge in [0, 0.05) is 18.5 Å². The molecule has 2 heterocycles. The van der Waals surface area contributed by atoms with Gasteiger partial charge in [0.2, 0.25) is 0 Å². The van der Waals surface area contributed by atoms with Gasteiger partial charge in [-0.3, -0.25) is 10.2 Å². The van der Waals surface area contributed by atoms with E-state index in [2.05, 4.69) is 15.3 Å². The number of amides is 1. The van der Waals surface area contributed by atoms with E-state index in [0.29, 0.717) is 18.9 Å². The molecule has 0 unspecified atom stereocenters. The number of hydrogen-bond acceptors (Lipinski definition) is 6. The molecule has 0 radical (unpaired) electrons. The summed E-state index contributed by atoms with van der Waals surface area (Å²) in [7, 11) is 0. The SMILES string of the molecule is NNC(=O)c1csc(N2CCOCC2)n1. The summed E-state index contributed by atoms with van der Waals surface area (Å²) in [5.41, 5.74) is 2.42. The topological polar surface area (TPSA) is 80.5 Å². The van der Waals surface area contributed by atoms with Gasteiger partial charge in [-0.25, -0.2) is 10.8 Å². The molecule has 3 N–H and O–H groups in total. The number of carbonyl (C=O) groups is 1. The van der Waals surface area contributed by atoms with Crippen molar-refractivity contribution in [3.05, 3.63) is 11.1 Å². The molecule has 82 valence electrons. The van der Waals surface area contributed by atoms with E-state index >= 15 is 0 Å². The van der Waals surface area contributed by atoms with E-state index in [1.165, 1.54) is 11.3 Å². The number of nitrogens with zero attached hydrogens (tertiary/aromatic N) is 2. The minimum Gasteiger partial charge on any atom is -0.378 e. The molecule has 0 aromatic carbocycles. The lowest BCUT2D eigenvalue weighted by molar-refractivity contribution is 0.0949. The van der Waals surface area contributed by atoms with Crippen LogP contribution in [0.2, 0.25) is 0 Å². The van der Waals surface area contributed by atoms with E-state index in [9.17, 15) is 4.79 Å². The zero-order chi connectivity index (χ0) is 10.7. The highest BCUT2D eigenvalue weighted by Gasteiger charge is 2.16. The Labute approximate surface area is 91.0 Å². The number of anilines is 1. The summed E-state index contributed by atoms with van der Waals surface area (Å²) in [5, 5.41) is 2.55. The largest absolute Gasteiger partial charge is 0.378 e. The Balaban J connectivity index is 2.08. The second-order valence-electron chi connectivity index (χ2n) is 3.09. The van der Waals surface area contributed by atoms with Gasteiger partial charge in [0.1, 0.15) is 5.69 Å². The maximum atomic E-state index is 11.2. The molecule has 0 atom stereocenters. The van der Waals surface area contributed by atoms with Gasteiger partial charge < -0.3 is 9.64 Å². The molecule has 1 aromatic heterocycles. The van der Waals surface area contributed by atoms with Crippen LogP contribution in [0.4, 0.5) is 5.13 Å². The fourth-order valence-corrected chi connectivity index (χ4v) is 2.20. The number of ether oxygens (including phenoxy) is 1. The molecule has 1 amide bonds. The summed E-state index contributed by atoms with van der Waals surface area (Å²) in [4.78, 5) is 17.5. The number of aromatic nitrogens is 1. The number of nitrogens with one attached hydrogen (secondary N) is 1. The molecular weight excluding hydrogens is 216 g/mol. The Bertz CT molecular complexity index is 348. The summed E-state index contributed by atoms with van der Waals surface area (Å²) in [6, 6.07) is 0. The molecule has 1 aliphatic rings. The average Bonchev–Trinajstić information content (AvgIpc) is 2.78. The first-order valence-corrected chi connectivity index (χ1v) is 5.48. The third-order valence-corrected chi connectivity index (χ3v) is 3.04. The third kappa shape index (κ3) is 2.25. The number of nitrogens with two attached hydrogens (primary N) is 1. The molecular formula is C8H12N4O2S. The van der Waals surface area contributed by atoms with Gasteiger partial charge in [-0.15, -0.1) is 11.3 Å². The van der Waals surface area contributed by atoms with Crippen LogP contribution >= 0.6 is 11.3 Å². The number of hydrazine groups is 1. The Hall–Kier alpha value is -1.18. The van der Waals surface area contributed by atoms with Crippen LogP contribution < -0.4 is 16.2 Å². The molecule has 0 aliphatic carbocycles. The van der Waals surface area contributed by atoms with Gasteiger partial charge in [-0.05, 0) is 0 Å². The van der Waals surface area contributed by atoms with Crippen LogP contribution in [0, 0.1) is 0 Å². The van der Waals surface area contributed by atoms with Crippen molar-refractivity contribution in [1.29, 1.82) is 0 Å². The maximum absolute atomic E-state index is 11.2. The van der Waals surface area contributed by atoms with Crippen molar-refractivity contribution in [3.8, 4) is 0 Å². The van der Waals surface area contributed by atoms with Crippen LogP contribution in [0.3, 0.4) is 0 Å². The summed E-state index contributed by atoms with van der Waals surface area (Å²) in [6.45, 7) is 3.05. The molecule has 0 bridgehead atoms. The fraction of sp³-hybridized carbons (Fsp3) is 0.500. The number of rotatable bonds is 2. The standard InChI is InChI=1S/C8H12N4O2S/c9-11-7(13)6-5-15-8(10-6)12-1-3-14-4-2-12/h5H,1-4,9H2,(H,11,13). The first kappa shape index (κ1) is 10.3. The van der Waals surface area contributed by atoms with E-state index in [0.717, 1.165) is 18.2 Å². The van der Waals surface area contributed by atoms with Crippen LogP contribution in [-0.4, -0.2) is 37.2 Å². The van der Waals surface area contributed by atoms with Gasteiger partial charge >= 0.3 is 0 Å². The molecule has 0 spiro atoms. The predicted octanol–water partition coefficient (Wildman–Crippen LogP) is -0.417. The predicted molar refractivity (Wildman–Crippen MR) is 56.8 cm³/mol. The number of hydrogen-bond donors (Lipinski definition) is 2. The highest BCUT2D eigenvalue weighted by molar-refractivity contribution is 7.13. The van der Waals surface area contributed by atoms with Crippen molar-refractivity contribution in [2.24, 2.45) is 5.84 Å². The highest BCUT2D eigenvalue weighted by Crippen LogP contribution is 2.21. The van der Waals surface area contributed by atoms with Crippen molar-refractivity contribution in [1.82, 2.24) is 10.4 Å². The Morgan fingerprint density at radius 2 is 2.33 bits per heavy atom. The molecule has 15 heavy (non-hydrogen) atoms. The molecule has 2 rings (SSSR count). The van der Waals surface area contributed by atoms with Crippen LogP contribution in [0.25, 0.3) is 0 Å². The molecule has 1 fully saturated rings. The monoisotopic (exact) mass is 228 g/mol. The number of carbonyl (C=O) groups excluding carboxylic acids is 1. The Morgan fingerprint density at radius 1 is 1.60 bits per heavy atom. The third-order valence-electron chi connectivity index (χ3n) is 2.14. The molecule has 1 saturated heterocycles. The van der Waals surface area contributed by atoms with Crippen LogP contribution in [0.15, 0.2) is 5.38 Å². The molecule has 6 nitrogen and oxygen atoms in total. The number of thiazole rings is 1. The molecule has 7 heteroatoms. The second-order valence-corrected chi connectivity index (χ2v) is 3.92. The first-order valence-electron chi connectivity index (χ1n) is 4.60. The van der Waals surface area contributed by atoms with E-state index < -0.39 is 0 Å². The van der Waals surface area contributed by atoms with Crippen molar-refractivity contribution < 1.29 is 9.53 Å². The van der Waals surface area contributed by atoms with E-state index in [1.807, 2.05) is 0 Å². The van der Waals surface area contributed by atoms with Crippen LogP contribution in [0.5, 0.6) is 0 Å². The van der Waals surface area contributed by atoms with E-state index in [1.54, 1.807) is 5.38 Å². The van der Waals surface area contributed by atoms with E-state index in [-0.39, 0.29) is 5.91 Å². The minimum atomic E-state index is -0.356. The normalized spacial score (nSPS) is 16.5. The Morgan fingerprint density at radius 3 is 3.00 bits per heavy atom. The summed E-state index contributed by atoms with van der Waals surface area (Å²) in [6.07, 6.45) is 0. The van der Waals surface area contributed by atoms with Gasteiger partial charge in [0.15, 0.2) is 5.13 Å². The summed E-state index contributed by atoms with van der Waals surface area (Å²) < 4.78 is 5.23. The molecule has 1 aromatic rings. The lowest BCUT2D eigenvalue weighted by Gasteiger charge is -2.25. The van der Waals surface area contributed by atoms with Gasteiger partial charge in [-0.1, -0.05) is 0 Å². The summed E-state index contributed by atoms with van der Waals surface area (Å²) >= 11 is 1.44. The number of nitrogen functional groups attached to an aromatic ring is 1. The van der Waals surface area contributed by atoms with Crippen molar-refractivity contribution >= 4 is 22.4 Å². The van der Waals surface area contributed by atoms with Gasteiger partial charge in [-0.2, -0.15) is 0 Å². The van der Waals surface area contributed by atoms with Crippen LogP contribution in [-0.2, 0) is 4.74 Å². The van der Waals surface area contributed by atoms with Crippen molar-refractivity contribution in [2.75, 3.05) is 31.2 Å². The maximum Gasteiger partial charge on any atom is 0.284 e. The van der Waals surface area contributed by atoms with Crippen molar-refractivity contribution in [2.45, 2.75) is 0 Å². The quantitative estimate of drug-likeness (QED) is 0.408. The second kappa shape index (κ2) is 4.56. The van der Waals surface area contributed by atoms with Gasteiger partial charge in [0.05, 0.1) is 13.2 Å².